The minimum atomic E-state index is -0.110. The van der Waals surface area contributed by atoms with Gasteiger partial charge in [0.25, 0.3) is 0 Å². The molecule has 2 aliphatic rings. The average Bonchev–Trinajstić information content (AvgIpc) is 3.12. The van der Waals surface area contributed by atoms with Gasteiger partial charge in [-0.1, -0.05) is 0 Å². The summed E-state index contributed by atoms with van der Waals surface area (Å²) in [4.78, 5) is 30.8. The summed E-state index contributed by atoms with van der Waals surface area (Å²) in [6, 6.07) is 0. The van der Waals surface area contributed by atoms with Crippen molar-refractivity contribution in [3.05, 3.63) is 10.6 Å². The maximum absolute atomic E-state index is 12.1. The van der Waals surface area contributed by atoms with Crippen molar-refractivity contribution >= 4 is 28.3 Å². The first kappa shape index (κ1) is 16.4. The molecule has 1 aromatic heterocycles. The molecular weight excluding hydrogens is 316 g/mol. The van der Waals surface area contributed by atoms with Crippen LogP contribution in [0.2, 0.25) is 0 Å². The predicted octanol–water partition coefficient (Wildman–Crippen LogP) is 0.755. The minimum absolute atomic E-state index is 0.0375. The Labute approximate surface area is 139 Å². The Bertz CT molecular complexity index is 583. The number of fused-ring (bicyclic) bond motifs is 1. The van der Waals surface area contributed by atoms with Crippen molar-refractivity contribution in [1.29, 1.82) is 0 Å². The molecular formula is C15H22N4O3S. The maximum Gasteiger partial charge on any atom is 0.234 e. The summed E-state index contributed by atoms with van der Waals surface area (Å²) in [6.45, 7) is 4.79. The van der Waals surface area contributed by atoms with E-state index in [2.05, 4.69) is 20.5 Å². The lowest BCUT2D eigenvalue weighted by Gasteiger charge is -2.25. The van der Waals surface area contributed by atoms with E-state index in [1.807, 2.05) is 0 Å². The average molecular weight is 338 g/mol. The van der Waals surface area contributed by atoms with Gasteiger partial charge in [-0.25, -0.2) is 4.98 Å². The topological polar surface area (TPSA) is 83.6 Å². The molecule has 1 saturated heterocycles. The molecule has 126 valence electrons. The van der Waals surface area contributed by atoms with E-state index in [4.69, 9.17) is 4.74 Å². The van der Waals surface area contributed by atoms with E-state index in [1.54, 1.807) is 0 Å². The summed E-state index contributed by atoms with van der Waals surface area (Å²) in [5, 5.41) is 6.32. The van der Waals surface area contributed by atoms with Gasteiger partial charge in [-0.3, -0.25) is 14.5 Å². The smallest absolute Gasteiger partial charge is 0.234 e. The monoisotopic (exact) mass is 338 g/mol. The van der Waals surface area contributed by atoms with Crippen molar-refractivity contribution in [3.63, 3.8) is 0 Å². The number of anilines is 1. The molecule has 0 spiro atoms. The van der Waals surface area contributed by atoms with Gasteiger partial charge < -0.3 is 15.4 Å². The molecule has 23 heavy (non-hydrogen) atoms. The second-order valence-corrected chi connectivity index (χ2v) is 7.05. The third-order valence-electron chi connectivity index (χ3n) is 4.01. The summed E-state index contributed by atoms with van der Waals surface area (Å²) in [6.07, 6.45) is 3.09. The third kappa shape index (κ3) is 4.49. The van der Waals surface area contributed by atoms with Crippen LogP contribution in [0.1, 0.15) is 30.3 Å². The number of hydrogen-bond acceptors (Lipinski definition) is 6. The molecule has 1 atom stereocenters. The van der Waals surface area contributed by atoms with Gasteiger partial charge in [-0.2, -0.15) is 0 Å². The second-order valence-electron chi connectivity index (χ2n) is 5.97. The fourth-order valence-electron chi connectivity index (χ4n) is 2.88. The number of carbonyl (C=O) groups excluding carboxylic acids is 2. The highest BCUT2D eigenvalue weighted by molar-refractivity contribution is 7.15. The van der Waals surface area contributed by atoms with Crippen LogP contribution in [0.15, 0.2) is 0 Å². The largest absolute Gasteiger partial charge is 0.376 e. The van der Waals surface area contributed by atoms with Gasteiger partial charge in [-0.05, 0) is 12.8 Å². The summed E-state index contributed by atoms with van der Waals surface area (Å²) in [5.74, 6) is -0.0722. The number of rotatable bonds is 5. The fourth-order valence-corrected chi connectivity index (χ4v) is 3.98. The lowest BCUT2D eigenvalue weighted by molar-refractivity contribution is -0.123. The molecule has 1 aromatic rings. The molecule has 0 aromatic carbocycles. The number of amides is 2. The van der Waals surface area contributed by atoms with E-state index in [1.165, 1.54) is 18.3 Å². The molecule has 1 unspecified atom stereocenters. The van der Waals surface area contributed by atoms with E-state index >= 15 is 0 Å². The van der Waals surface area contributed by atoms with Gasteiger partial charge in [0.1, 0.15) is 0 Å². The van der Waals surface area contributed by atoms with Crippen molar-refractivity contribution < 1.29 is 14.3 Å². The number of nitrogens with one attached hydrogen (secondary N) is 2. The minimum Gasteiger partial charge on any atom is -0.376 e. The van der Waals surface area contributed by atoms with E-state index < -0.39 is 0 Å². The molecule has 2 amide bonds. The second kappa shape index (κ2) is 7.37. The number of aromatic nitrogens is 1. The Morgan fingerprint density at radius 2 is 2.35 bits per heavy atom. The van der Waals surface area contributed by atoms with Crippen LogP contribution in [0.3, 0.4) is 0 Å². The van der Waals surface area contributed by atoms with Gasteiger partial charge in [0.05, 0.1) is 18.3 Å². The Morgan fingerprint density at radius 1 is 1.48 bits per heavy atom. The number of hydrogen-bond donors (Lipinski definition) is 2. The molecule has 3 heterocycles. The Morgan fingerprint density at radius 3 is 3.09 bits per heavy atom. The first-order valence-corrected chi connectivity index (χ1v) is 8.78. The normalized spacial score (nSPS) is 21.0. The van der Waals surface area contributed by atoms with E-state index in [0.29, 0.717) is 24.8 Å². The SMILES string of the molecule is CC(=O)Nc1nc2c(s1)CN(CC(=O)NCC1CCCO1)CC2. The molecule has 0 saturated carbocycles. The van der Waals surface area contributed by atoms with Crippen molar-refractivity contribution in [2.45, 2.75) is 38.8 Å². The standard InChI is InChI=1S/C15H22N4O3S/c1-10(20)17-15-18-12-4-5-19(8-13(12)23-15)9-14(21)16-7-11-3-2-6-22-11/h11H,2-9H2,1H3,(H,16,21)(H,17,18,20). The molecule has 8 heteroatoms. The third-order valence-corrected chi connectivity index (χ3v) is 5.01. The summed E-state index contributed by atoms with van der Waals surface area (Å²) >= 11 is 1.49. The van der Waals surface area contributed by atoms with Gasteiger partial charge in [0.15, 0.2) is 5.13 Å². The lowest BCUT2D eigenvalue weighted by atomic mass is 10.2. The number of nitrogens with zero attached hydrogens (tertiary/aromatic N) is 2. The highest BCUT2D eigenvalue weighted by atomic mass is 32.1. The Balaban J connectivity index is 1.47. The molecule has 1 fully saturated rings. The molecule has 2 N–H and O–H groups in total. The van der Waals surface area contributed by atoms with Crippen LogP contribution >= 0.6 is 11.3 Å². The van der Waals surface area contributed by atoms with E-state index in [0.717, 1.165) is 43.0 Å². The number of thiazole rings is 1. The van der Waals surface area contributed by atoms with Crippen LogP contribution in [-0.4, -0.2) is 54.0 Å². The molecule has 0 bridgehead atoms. The first-order valence-electron chi connectivity index (χ1n) is 7.97. The van der Waals surface area contributed by atoms with Crippen LogP contribution in [0.25, 0.3) is 0 Å². The highest BCUT2D eigenvalue weighted by Crippen LogP contribution is 2.28. The molecule has 0 aliphatic carbocycles. The van der Waals surface area contributed by atoms with Gasteiger partial charge in [0, 0.05) is 44.5 Å². The van der Waals surface area contributed by atoms with Crippen LogP contribution in [0.4, 0.5) is 5.13 Å². The highest BCUT2D eigenvalue weighted by Gasteiger charge is 2.23. The van der Waals surface area contributed by atoms with Crippen LogP contribution in [0.5, 0.6) is 0 Å². The van der Waals surface area contributed by atoms with Crippen LogP contribution < -0.4 is 10.6 Å². The molecule has 2 aliphatic heterocycles. The number of ether oxygens (including phenoxy) is 1. The van der Waals surface area contributed by atoms with Gasteiger partial charge in [-0.15, -0.1) is 11.3 Å². The zero-order valence-corrected chi connectivity index (χ0v) is 14.1. The van der Waals surface area contributed by atoms with Crippen molar-refractivity contribution in [2.75, 3.05) is 31.6 Å². The van der Waals surface area contributed by atoms with Crippen molar-refractivity contribution in [1.82, 2.24) is 15.2 Å². The fraction of sp³-hybridized carbons (Fsp3) is 0.667. The Kier molecular flexibility index (Phi) is 5.24. The van der Waals surface area contributed by atoms with Crippen LogP contribution in [0, 0.1) is 0 Å². The summed E-state index contributed by atoms with van der Waals surface area (Å²) in [5.41, 5.74) is 1.04. The Hall–Kier alpha value is -1.51. The van der Waals surface area contributed by atoms with Crippen molar-refractivity contribution in [2.24, 2.45) is 0 Å². The lowest BCUT2D eigenvalue weighted by Crippen LogP contribution is -2.41. The van der Waals surface area contributed by atoms with E-state index in [-0.39, 0.29) is 17.9 Å². The zero-order valence-electron chi connectivity index (χ0n) is 13.3. The molecule has 7 nitrogen and oxygen atoms in total. The molecule has 0 radical (unpaired) electrons. The van der Waals surface area contributed by atoms with Crippen molar-refractivity contribution in [3.8, 4) is 0 Å². The van der Waals surface area contributed by atoms with Gasteiger partial charge >= 0.3 is 0 Å². The summed E-state index contributed by atoms with van der Waals surface area (Å²) < 4.78 is 5.50. The first-order chi connectivity index (χ1) is 11.1. The van der Waals surface area contributed by atoms with Crippen LogP contribution in [-0.2, 0) is 27.3 Å². The summed E-state index contributed by atoms with van der Waals surface area (Å²) in [7, 11) is 0. The zero-order chi connectivity index (χ0) is 16.2. The maximum atomic E-state index is 12.1. The van der Waals surface area contributed by atoms with E-state index in [9.17, 15) is 9.59 Å². The number of carbonyl (C=O) groups is 2. The van der Waals surface area contributed by atoms with Gasteiger partial charge in [0.2, 0.25) is 11.8 Å². The quantitative estimate of drug-likeness (QED) is 0.828. The predicted molar refractivity (Wildman–Crippen MR) is 87.4 cm³/mol. The molecule has 3 rings (SSSR count).